The maximum absolute atomic E-state index is 12.1. The van der Waals surface area contributed by atoms with Crippen LogP contribution in [0.2, 0.25) is 0 Å². The molecule has 1 fully saturated rings. The summed E-state index contributed by atoms with van der Waals surface area (Å²) in [7, 11) is 0. The fraction of sp³-hybridized carbons (Fsp3) is 0.346. The van der Waals surface area contributed by atoms with E-state index in [1.54, 1.807) is 6.20 Å². The number of rotatable bonds is 8. The van der Waals surface area contributed by atoms with E-state index in [2.05, 4.69) is 37.8 Å². The van der Waals surface area contributed by atoms with Crippen molar-refractivity contribution < 1.29 is 14.0 Å². The van der Waals surface area contributed by atoms with E-state index in [0.29, 0.717) is 31.0 Å². The Bertz CT molecular complexity index is 1070. The average molecular weight is 462 g/mol. The molecule has 0 aliphatic carbocycles. The van der Waals surface area contributed by atoms with Crippen LogP contribution in [0, 0.1) is 6.92 Å². The summed E-state index contributed by atoms with van der Waals surface area (Å²) in [5, 5.41) is 0. The molecule has 0 spiro atoms. The average Bonchev–Trinajstić information content (AvgIpc) is 3.35. The van der Waals surface area contributed by atoms with Gasteiger partial charge in [-0.25, -0.2) is 4.98 Å². The lowest BCUT2D eigenvalue weighted by Crippen LogP contribution is -2.48. The van der Waals surface area contributed by atoms with Crippen LogP contribution in [0.15, 0.2) is 65.2 Å². The van der Waals surface area contributed by atoms with E-state index in [1.807, 2.05) is 49.4 Å². The van der Waals surface area contributed by atoms with Gasteiger partial charge >= 0.3 is 0 Å². The Kier molecular flexibility index (Phi) is 7.93. The molecule has 0 bridgehead atoms. The van der Waals surface area contributed by atoms with Crippen molar-refractivity contribution in [3.8, 4) is 11.3 Å². The Hall–Kier alpha value is -3.65. The minimum Gasteiger partial charge on any atom is -0.441 e. The molecule has 0 radical (unpaired) electrons. The number of anilines is 1. The van der Waals surface area contributed by atoms with Crippen molar-refractivity contribution >= 4 is 17.5 Å². The van der Waals surface area contributed by atoms with Gasteiger partial charge in [0.15, 0.2) is 11.7 Å². The first kappa shape index (κ1) is 23.5. The van der Waals surface area contributed by atoms with Gasteiger partial charge in [-0.1, -0.05) is 48.0 Å². The number of aryl methyl sites for hydroxylation is 2. The predicted octanol–water partition coefficient (Wildman–Crippen LogP) is 2.94. The van der Waals surface area contributed by atoms with E-state index >= 15 is 0 Å². The zero-order valence-electron chi connectivity index (χ0n) is 19.5. The van der Waals surface area contributed by atoms with Crippen molar-refractivity contribution in [1.82, 2.24) is 20.7 Å². The van der Waals surface area contributed by atoms with E-state index in [4.69, 9.17) is 4.42 Å². The zero-order chi connectivity index (χ0) is 23.8. The van der Waals surface area contributed by atoms with Crippen LogP contribution in [-0.2, 0) is 16.0 Å². The minimum absolute atomic E-state index is 0.176. The number of hydrazine groups is 1. The predicted molar refractivity (Wildman–Crippen MR) is 131 cm³/mol. The lowest BCUT2D eigenvalue weighted by Gasteiger charge is -2.36. The van der Waals surface area contributed by atoms with Crippen LogP contribution < -0.4 is 15.8 Å². The van der Waals surface area contributed by atoms with Gasteiger partial charge in [-0.2, -0.15) is 0 Å². The topological polar surface area (TPSA) is 90.7 Å². The maximum atomic E-state index is 12.1. The number of oxazole rings is 1. The van der Waals surface area contributed by atoms with Crippen molar-refractivity contribution in [2.75, 3.05) is 37.6 Å². The quantitative estimate of drug-likeness (QED) is 0.502. The summed E-state index contributed by atoms with van der Waals surface area (Å²) in [6, 6.07) is 18.3. The van der Waals surface area contributed by atoms with Crippen LogP contribution in [0.5, 0.6) is 0 Å². The normalized spacial score (nSPS) is 14.1. The van der Waals surface area contributed by atoms with Crippen molar-refractivity contribution in [3.05, 3.63) is 72.2 Å². The van der Waals surface area contributed by atoms with Crippen LogP contribution >= 0.6 is 0 Å². The summed E-state index contributed by atoms with van der Waals surface area (Å²) < 4.78 is 5.74. The number of benzene rings is 2. The molecule has 0 atom stereocenters. The number of nitrogens with one attached hydrogen (secondary N) is 2. The second-order valence-corrected chi connectivity index (χ2v) is 8.49. The number of para-hydroxylation sites is 1. The van der Waals surface area contributed by atoms with Crippen molar-refractivity contribution in [1.29, 1.82) is 0 Å². The third kappa shape index (κ3) is 6.68. The maximum Gasteiger partial charge on any atom is 0.239 e. The van der Waals surface area contributed by atoms with E-state index < -0.39 is 0 Å². The highest BCUT2D eigenvalue weighted by molar-refractivity contribution is 5.82. The standard InChI is InChI=1S/C26H31N5O3/c1-20-7-9-21(10-8-20)23-19-27-26(34-23)12-11-24(32)28-29-25(33)13-14-30-15-17-31(18-16-30)22-5-3-2-4-6-22/h2-10,19H,11-18H2,1H3,(H,28,32)(H,29,33). The number of hydrogen-bond acceptors (Lipinski definition) is 6. The molecule has 8 heteroatoms. The smallest absolute Gasteiger partial charge is 0.239 e. The first-order chi connectivity index (χ1) is 16.6. The first-order valence-electron chi connectivity index (χ1n) is 11.7. The Morgan fingerprint density at radius 1 is 0.912 bits per heavy atom. The molecule has 2 aromatic carbocycles. The molecule has 1 aliphatic heterocycles. The number of hydrogen-bond donors (Lipinski definition) is 2. The number of carbonyl (C=O) groups is 2. The largest absolute Gasteiger partial charge is 0.441 e. The Labute approximate surface area is 199 Å². The third-order valence-electron chi connectivity index (χ3n) is 5.95. The molecular formula is C26H31N5O3. The van der Waals surface area contributed by atoms with Gasteiger partial charge < -0.3 is 9.32 Å². The number of nitrogens with zero attached hydrogens (tertiary/aromatic N) is 3. The molecule has 34 heavy (non-hydrogen) atoms. The molecule has 1 saturated heterocycles. The summed E-state index contributed by atoms with van der Waals surface area (Å²) in [5.74, 6) is 0.691. The fourth-order valence-corrected chi connectivity index (χ4v) is 3.89. The van der Waals surface area contributed by atoms with Crippen molar-refractivity contribution in [2.45, 2.75) is 26.2 Å². The van der Waals surface area contributed by atoms with Gasteiger partial charge in [0.1, 0.15) is 0 Å². The molecule has 0 unspecified atom stereocenters. The highest BCUT2D eigenvalue weighted by Crippen LogP contribution is 2.21. The number of aromatic nitrogens is 1. The van der Waals surface area contributed by atoms with E-state index in [1.165, 1.54) is 11.3 Å². The van der Waals surface area contributed by atoms with Gasteiger partial charge in [0, 0.05) is 63.2 Å². The van der Waals surface area contributed by atoms with Crippen molar-refractivity contribution in [3.63, 3.8) is 0 Å². The van der Waals surface area contributed by atoms with Gasteiger partial charge in [-0.15, -0.1) is 0 Å². The molecule has 1 aromatic heterocycles. The minimum atomic E-state index is -0.278. The van der Waals surface area contributed by atoms with Crippen LogP contribution in [0.1, 0.15) is 24.3 Å². The molecule has 3 aromatic rings. The molecule has 4 rings (SSSR count). The summed E-state index contributed by atoms with van der Waals surface area (Å²) in [6.07, 6.45) is 2.54. The molecule has 2 N–H and O–H groups in total. The fourth-order valence-electron chi connectivity index (χ4n) is 3.89. The molecular weight excluding hydrogens is 430 g/mol. The number of piperazine rings is 1. The van der Waals surface area contributed by atoms with Gasteiger partial charge in [-0.3, -0.25) is 25.3 Å². The molecule has 1 aliphatic rings. The lowest BCUT2D eigenvalue weighted by atomic mass is 10.1. The molecule has 0 saturated carbocycles. The van der Waals surface area contributed by atoms with Gasteiger partial charge in [-0.05, 0) is 19.1 Å². The summed E-state index contributed by atoms with van der Waals surface area (Å²) >= 11 is 0. The summed E-state index contributed by atoms with van der Waals surface area (Å²) in [5.41, 5.74) is 8.34. The molecule has 178 valence electrons. The lowest BCUT2D eigenvalue weighted by molar-refractivity contribution is -0.129. The second-order valence-electron chi connectivity index (χ2n) is 8.49. The van der Waals surface area contributed by atoms with Gasteiger partial charge in [0.2, 0.25) is 11.8 Å². The highest BCUT2D eigenvalue weighted by Gasteiger charge is 2.18. The SMILES string of the molecule is Cc1ccc(-c2cnc(CCC(=O)NNC(=O)CCN3CCN(c4ccccc4)CC3)o2)cc1. The van der Waals surface area contributed by atoms with Gasteiger partial charge in [0.05, 0.1) is 6.20 Å². The monoisotopic (exact) mass is 461 g/mol. The summed E-state index contributed by atoms with van der Waals surface area (Å²) in [4.78, 5) is 33.1. The summed E-state index contributed by atoms with van der Waals surface area (Å²) in [6.45, 7) is 6.40. The van der Waals surface area contributed by atoms with E-state index in [9.17, 15) is 9.59 Å². The van der Waals surface area contributed by atoms with Gasteiger partial charge in [0.25, 0.3) is 0 Å². The highest BCUT2D eigenvalue weighted by atomic mass is 16.4. The van der Waals surface area contributed by atoms with E-state index in [0.717, 1.165) is 31.7 Å². The number of carbonyl (C=O) groups excluding carboxylic acids is 2. The third-order valence-corrected chi connectivity index (χ3v) is 5.95. The Balaban J connectivity index is 1.11. The van der Waals surface area contributed by atoms with E-state index in [-0.39, 0.29) is 18.2 Å². The molecule has 2 amide bonds. The molecule has 8 nitrogen and oxygen atoms in total. The molecule has 2 heterocycles. The van der Waals surface area contributed by atoms with Crippen molar-refractivity contribution in [2.24, 2.45) is 0 Å². The first-order valence-corrected chi connectivity index (χ1v) is 11.7. The van der Waals surface area contributed by atoms with Crippen LogP contribution in [0.3, 0.4) is 0 Å². The van der Waals surface area contributed by atoms with Crippen LogP contribution in [-0.4, -0.2) is 54.4 Å². The second kappa shape index (κ2) is 11.5. The van der Waals surface area contributed by atoms with Crippen LogP contribution in [0.4, 0.5) is 5.69 Å². The zero-order valence-corrected chi connectivity index (χ0v) is 19.5. The number of amides is 2. The Morgan fingerprint density at radius 3 is 2.29 bits per heavy atom. The van der Waals surface area contributed by atoms with Crippen LogP contribution in [0.25, 0.3) is 11.3 Å². The Morgan fingerprint density at radius 2 is 1.59 bits per heavy atom.